The average Bonchev–Trinajstić information content (AvgIpc) is 3.11. The number of para-hydroxylation sites is 2. The van der Waals surface area contributed by atoms with Gasteiger partial charge in [-0.25, -0.2) is 4.98 Å². The second-order valence-electron chi connectivity index (χ2n) is 7.32. The second kappa shape index (κ2) is 5.88. The van der Waals surface area contributed by atoms with Gasteiger partial charge in [-0.3, -0.25) is 9.69 Å². The van der Waals surface area contributed by atoms with E-state index in [0.717, 1.165) is 36.8 Å². The van der Waals surface area contributed by atoms with Gasteiger partial charge in [0.2, 0.25) is 5.91 Å². The number of nitrogens with one attached hydrogen (secondary N) is 1. The molecule has 6 heteroatoms. The molecular weight excluding hydrogens is 316 g/mol. The number of imidazole rings is 1. The van der Waals surface area contributed by atoms with E-state index in [9.17, 15) is 4.79 Å². The van der Waals surface area contributed by atoms with Crippen molar-refractivity contribution in [2.24, 2.45) is 5.92 Å². The number of ether oxygens (including phenoxy) is 1. The molecule has 1 amide bonds. The summed E-state index contributed by atoms with van der Waals surface area (Å²) in [6.45, 7) is 2.20. The average molecular weight is 338 g/mol. The lowest BCUT2D eigenvalue weighted by Gasteiger charge is -2.31. The van der Waals surface area contributed by atoms with E-state index in [1.54, 1.807) is 6.20 Å². The molecule has 3 heterocycles. The molecule has 1 aromatic heterocycles. The minimum absolute atomic E-state index is 0.0492. The molecule has 1 saturated heterocycles. The topological polar surface area (TPSA) is 61.5 Å². The normalized spacial score (nSPS) is 26.1. The molecule has 0 spiro atoms. The van der Waals surface area contributed by atoms with Gasteiger partial charge < -0.3 is 14.6 Å². The largest absolute Gasteiger partial charge is 0.487 e. The summed E-state index contributed by atoms with van der Waals surface area (Å²) in [6, 6.07) is 7.82. The number of likely N-dealkylation sites (tertiary alicyclic amines) is 1. The van der Waals surface area contributed by atoms with E-state index in [4.69, 9.17) is 4.74 Å². The maximum Gasteiger partial charge on any atom is 0.244 e. The minimum atomic E-state index is -0.137. The van der Waals surface area contributed by atoms with Gasteiger partial charge in [0.1, 0.15) is 17.7 Å². The molecule has 2 aromatic rings. The van der Waals surface area contributed by atoms with Gasteiger partial charge in [0.15, 0.2) is 0 Å². The van der Waals surface area contributed by atoms with Crippen LogP contribution in [0.2, 0.25) is 0 Å². The first-order valence-electron chi connectivity index (χ1n) is 9.07. The Morgan fingerprint density at radius 2 is 2.16 bits per heavy atom. The van der Waals surface area contributed by atoms with Gasteiger partial charge in [-0.05, 0) is 30.9 Å². The second-order valence-corrected chi connectivity index (χ2v) is 7.32. The smallest absolute Gasteiger partial charge is 0.244 e. The maximum atomic E-state index is 13.4. The van der Waals surface area contributed by atoms with Crippen molar-refractivity contribution in [1.29, 1.82) is 0 Å². The van der Waals surface area contributed by atoms with Crippen LogP contribution in [0.3, 0.4) is 0 Å². The molecule has 5 rings (SSSR count). The Labute approximate surface area is 146 Å². The molecular formula is C19H22N4O2. The highest BCUT2D eigenvalue weighted by molar-refractivity contribution is 5.99. The van der Waals surface area contributed by atoms with Crippen LogP contribution in [0.25, 0.3) is 0 Å². The number of carbonyl (C=O) groups excluding carboxylic acids is 1. The summed E-state index contributed by atoms with van der Waals surface area (Å²) in [6.07, 6.45) is 6.81. The summed E-state index contributed by atoms with van der Waals surface area (Å²) >= 11 is 0. The van der Waals surface area contributed by atoms with Crippen LogP contribution in [-0.2, 0) is 11.3 Å². The van der Waals surface area contributed by atoms with Crippen LogP contribution in [0.1, 0.15) is 25.1 Å². The van der Waals surface area contributed by atoms with Gasteiger partial charge in [-0.2, -0.15) is 0 Å². The Morgan fingerprint density at radius 1 is 1.28 bits per heavy atom. The van der Waals surface area contributed by atoms with Crippen LogP contribution in [0.15, 0.2) is 36.7 Å². The van der Waals surface area contributed by atoms with Crippen molar-refractivity contribution in [3.63, 3.8) is 0 Å². The van der Waals surface area contributed by atoms with Crippen LogP contribution in [0.5, 0.6) is 5.75 Å². The molecule has 1 aromatic carbocycles. The van der Waals surface area contributed by atoms with Crippen molar-refractivity contribution in [2.75, 3.05) is 18.0 Å². The van der Waals surface area contributed by atoms with E-state index in [2.05, 4.69) is 14.9 Å². The molecule has 6 nitrogen and oxygen atoms in total. The van der Waals surface area contributed by atoms with E-state index in [0.29, 0.717) is 12.5 Å². The van der Waals surface area contributed by atoms with E-state index in [-0.39, 0.29) is 18.1 Å². The quantitative estimate of drug-likeness (QED) is 0.928. The van der Waals surface area contributed by atoms with Gasteiger partial charge in [0.05, 0.1) is 18.3 Å². The zero-order valence-corrected chi connectivity index (χ0v) is 14.1. The molecule has 1 aliphatic carbocycles. The number of amides is 1. The van der Waals surface area contributed by atoms with Gasteiger partial charge in [-0.1, -0.05) is 12.1 Å². The minimum Gasteiger partial charge on any atom is -0.487 e. The summed E-state index contributed by atoms with van der Waals surface area (Å²) in [7, 11) is 0. The predicted molar refractivity (Wildman–Crippen MR) is 93.3 cm³/mol. The fourth-order valence-electron chi connectivity index (χ4n) is 3.96. The number of anilines is 1. The van der Waals surface area contributed by atoms with Crippen molar-refractivity contribution in [2.45, 2.75) is 38.0 Å². The van der Waals surface area contributed by atoms with E-state index in [1.165, 1.54) is 12.8 Å². The van der Waals surface area contributed by atoms with Crippen LogP contribution in [-0.4, -0.2) is 46.0 Å². The molecule has 25 heavy (non-hydrogen) atoms. The Bertz CT molecular complexity index is 771. The zero-order valence-electron chi connectivity index (χ0n) is 14.1. The van der Waals surface area contributed by atoms with E-state index < -0.39 is 0 Å². The number of rotatable bonds is 4. The number of aromatic nitrogens is 2. The fraction of sp³-hybridized carbons (Fsp3) is 0.474. The summed E-state index contributed by atoms with van der Waals surface area (Å²) in [5, 5.41) is 0. The number of benzene rings is 1. The summed E-state index contributed by atoms with van der Waals surface area (Å²) in [5.74, 6) is 2.56. The highest BCUT2D eigenvalue weighted by Gasteiger charge is 2.44. The number of nitrogens with zero attached hydrogens (tertiary/aromatic N) is 3. The van der Waals surface area contributed by atoms with Gasteiger partial charge in [0.25, 0.3) is 0 Å². The monoisotopic (exact) mass is 338 g/mol. The third kappa shape index (κ3) is 2.80. The molecule has 3 aliphatic rings. The third-order valence-electron chi connectivity index (χ3n) is 5.41. The Kier molecular flexibility index (Phi) is 3.52. The molecule has 0 unspecified atom stereocenters. The van der Waals surface area contributed by atoms with Gasteiger partial charge in [0, 0.05) is 31.9 Å². The Hall–Kier alpha value is -2.34. The standard InChI is InChI=1S/C19H22N4O2/c24-19-16-9-14(11-22(16)12-18-20-7-8-21-18)25-17-4-2-1-3-15(17)23(19)10-13-5-6-13/h1-4,7-8,13-14,16H,5-6,9-12H2,(H,20,21)/t14-,16-/m0/s1. The third-order valence-corrected chi connectivity index (χ3v) is 5.41. The molecule has 2 atom stereocenters. The van der Waals surface area contributed by atoms with Crippen molar-refractivity contribution in [3.05, 3.63) is 42.5 Å². The molecule has 130 valence electrons. The Balaban J connectivity index is 1.48. The van der Waals surface area contributed by atoms with E-state index >= 15 is 0 Å². The number of fused-ring (bicyclic) bond motifs is 3. The predicted octanol–water partition coefficient (Wildman–Crippen LogP) is 2.19. The summed E-state index contributed by atoms with van der Waals surface area (Å²) in [4.78, 5) is 25.1. The van der Waals surface area contributed by atoms with Crippen LogP contribution < -0.4 is 9.64 Å². The van der Waals surface area contributed by atoms with Gasteiger partial charge >= 0.3 is 0 Å². The maximum absolute atomic E-state index is 13.4. The number of hydrogen-bond donors (Lipinski definition) is 1. The molecule has 2 fully saturated rings. The molecule has 2 bridgehead atoms. The number of H-pyrrole nitrogens is 1. The van der Waals surface area contributed by atoms with Crippen molar-refractivity contribution in [3.8, 4) is 5.75 Å². The first kappa shape index (κ1) is 15.0. The highest BCUT2D eigenvalue weighted by Crippen LogP contribution is 2.39. The van der Waals surface area contributed by atoms with Crippen molar-refractivity contribution in [1.82, 2.24) is 14.9 Å². The van der Waals surface area contributed by atoms with Gasteiger partial charge in [-0.15, -0.1) is 0 Å². The van der Waals surface area contributed by atoms with Crippen LogP contribution >= 0.6 is 0 Å². The molecule has 1 saturated carbocycles. The number of aromatic amines is 1. The van der Waals surface area contributed by atoms with E-state index in [1.807, 2.05) is 35.4 Å². The highest BCUT2D eigenvalue weighted by atomic mass is 16.5. The molecule has 1 N–H and O–H groups in total. The Morgan fingerprint density at radius 3 is 2.96 bits per heavy atom. The summed E-state index contributed by atoms with van der Waals surface area (Å²) < 4.78 is 6.29. The number of hydrogen-bond acceptors (Lipinski definition) is 4. The lowest BCUT2D eigenvalue weighted by atomic mass is 10.1. The first-order chi connectivity index (χ1) is 12.3. The lowest BCUT2D eigenvalue weighted by Crippen LogP contribution is -2.46. The number of carbonyl (C=O) groups is 1. The first-order valence-corrected chi connectivity index (χ1v) is 9.07. The summed E-state index contributed by atoms with van der Waals surface area (Å²) in [5.41, 5.74) is 0.925. The SMILES string of the molecule is O=C1[C@@H]2C[C@@H](CN2Cc2ncc[nH]2)Oc2ccccc2N1CC1CC1. The van der Waals surface area contributed by atoms with Crippen LogP contribution in [0, 0.1) is 5.92 Å². The fourth-order valence-corrected chi connectivity index (χ4v) is 3.96. The van der Waals surface area contributed by atoms with Crippen molar-refractivity contribution >= 4 is 11.6 Å². The van der Waals surface area contributed by atoms with Crippen LogP contribution in [0.4, 0.5) is 5.69 Å². The van der Waals surface area contributed by atoms with Crippen molar-refractivity contribution < 1.29 is 9.53 Å². The lowest BCUT2D eigenvalue weighted by molar-refractivity contribution is -0.123. The molecule has 0 radical (unpaired) electrons. The zero-order chi connectivity index (χ0) is 16.8. The molecule has 2 aliphatic heterocycles.